The van der Waals surface area contributed by atoms with Crippen LogP contribution in [0.3, 0.4) is 0 Å². The molecule has 1 unspecified atom stereocenters. The maximum Gasteiger partial charge on any atom is 0.263 e. The van der Waals surface area contributed by atoms with Crippen molar-refractivity contribution in [3.05, 3.63) is 53.5 Å². The third-order valence-electron chi connectivity index (χ3n) is 3.78. The highest BCUT2D eigenvalue weighted by Gasteiger charge is 2.19. The van der Waals surface area contributed by atoms with Gasteiger partial charge in [-0.3, -0.25) is 9.52 Å². The first kappa shape index (κ1) is 19.9. The molecule has 1 atom stereocenters. The smallest absolute Gasteiger partial charge is 0.263 e. The van der Waals surface area contributed by atoms with Crippen LogP contribution >= 0.6 is 12.2 Å². The molecule has 0 radical (unpaired) electrons. The van der Waals surface area contributed by atoms with E-state index in [1.165, 1.54) is 19.4 Å². The van der Waals surface area contributed by atoms with Crippen LogP contribution in [0.4, 0.5) is 0 Å². The largest absolute Gasteiger partial charge is 0.472 e. The molecule has 1 amide bonds. The fourth-order valence-electron chi connectivity index (χ4n) is 2.35. The fraction of sp³-hybridized carbons (Fsp3) is 0.294. The van der Waals surface area contributed by atoms with Gasteiger partial charge in [-0.15, -0.1) is 0 Å². The molecule has 1 aromatic heterocycles. The van der Waals surface area contributed by atoms with Crippen molar-refractivity contribution in [1.29, 1.82) is 0 Å². The SMILES string of the molecule is CNC(=S)NS(=O)(=O)c1cc(CC(=O)NC(C)c2ccoc2)ccc1C. The summed E-state index contributed by atoms with van der Waals surface area (Å²) >= 11 is 4.86. The van der Waals surface area contributed by atoms with Crippen LogP contribution in [0, 0.1) is 6.92 Å². The Morgan fingerprint density at radius 2 is 2.04 bits per heavy atom. The highest BCUT2D eigenvalue weighted by atomic mass is 32.2. The number of amides is 1. The van der Waals surface area contributed by atoms with Gasteiger partial charge in [-0.25, -0.2) is 8.42 Å². The van der Waals surface area contributed by atoms with Gasteiger partial charge in [0.05, 0.1) is 29.9 Å². The lowest BCUT2D eigenvalue weighted by Crippen LogP contribution is -2.37. The molecule has 140 valence electrons. The Balaban J connectivity index is 2.13. The molecule has 0 aliphatic rings. The van der Waals surface area contributed by atoms with Crippen LogP contribution in [0.5, 0.6) is 0 Å². The third-order valence-corrected chi connectivity index (χ3v) is 5.71. The minimum atomic E-state index is -3.82. The minimum Gasteiger partial charge on any atom is -0.472 e. The first-order valence-corrected chi connectivity index (χ1v) is 9.77. The second-order valence-electron chi connectivity index (χ2n) is 5.81. The molecule has 0 aliphatic heterocycles. The lowest BCUT2D eigenvalue weighted by atomic mass is 10.1. The van der Waals surface area contributed by atoms with E-state index in [2.05, 4.69) is 15.4 Å². The first-order chi connectivity index (χ1) is 12.2. The Hall–Kier alpha value is -2.39. The van der Waals surface area contributed by atoms with Gasteiger partial charge < -0.3 is 15.1 Å². The zero-order valence-corrected chi connectivity index (χ0v) is 16.3. The normalized spacial score (nSPS) is 12.3. The number of aryl methyl sites for hydroxylation is 1. The van der Waals surface area contributed by atoms with Gasteiger partial charge in [0.25, 0.3) is 10.0 Å². The molecule has 0 saturated carbocycles. The van der Waals surface area contributed by atoms with E-state index in [0.717, 1.165) is 5.56 Å². The van der Waals surface area contributed by atoms with Crippen molar-refractivity contribution in [3.63, 3.8) is 0 Å². The number of carbonyl (C=O) groups excluding carboxylic acids is 1. The van der Waals surface area contributed by atoms with Gasteiger partial charge in [0.2, 0.25) is 5.91 Å². The molecule has 2 rings (SSSR count). The quantitative estimate of drug-likeness (QED) is 0.645. The molecule has 0 bridgehead atoms. The van der Waals surface area contributed by atoms with Crippen molar-refractivity contribution in [1.82, 2.24) is 15.4 Å². The average Bonchev–Trinajstić information content (AvgIpc) is 3.10. The number of hydrogen-bond acceptors (Lipinski definition) is 5. The number of carbonyl (C=O) groups is 1. The number of benzene rings is 1. The number of thiocarbonyl (C=S) groups is 1. The summed E-state index contributed by atoms with van der Waals surface area (Å²) in [6.07, 6.45) is 3.16. The van der Waals surface area contributed by atoms with Gasteiger partial charge in [0.15, 0.2) is 5.11 Å². The van der Waals surface area contributed by atoms with Crippen LogP contribution in [0.2, 0.25) is 0 Å². The molecule has 0 spiro atoms. The predicted molar refractivity (Wildman–Crippen MR) is 102 cm³/mol. The summed E-state index contributed by atoms with van der Waals surface area (Å²) in [5, 5.41) is 5.41. The summed E-state index contributed by atoms with van der Waals surface area (Å²) in [6.45, 7) is 3.53. The minimum absolute atomic E-state index is 0.00137. The molecule has 1 aromatic carbocycles. The molecule has 1 heterocycles. The molecule has 0 aliphatic carbocycles. The van der Waals surface area contributed by atoms with Gasteiger partial charge in [-0.05, 0) is 49.3 Å². The van der Waals surface area contributed by atoms with Crippen LogP contribution < -0.4 is 15.4 Å². The summed E-state index contributed by atoms with van der Waals surface area (Å²) in [7, 11) is -2.29. The summed E-state index contributed by atoms with van der Waals surface area (Å²) in [6, 6.07) is 6.45. The first-order valence-electron chi connectivity index (χ1n) is 7.88. The van der Waals surface area contributed by atoms with Crippen molar-refractivity contribution in [2.45, 2.75) is 31.2 Å². The topological polar surface area (TPSA) is 100 Å². The standard InChI is InChI=1S/C17H21N3O4S2/c1-11-4-5-13(8-15(11)26(22,23)20-17(25)18-3)9-16(21)19-12(2)14-6-7-24-10-14/h4-8,10,12H,9H2,1-3H3,(H,19,21)(H2,18,20,25). The molecular weight excluding hydrogens is 374 g/mol. The zero-order valence-electron chi connectivity index (χ0n) is 14.7. The van der Waals surface area contributed by atoms with E-state index in [1.54, 1.807) is 31.4 Å². The van der Waals surface area contributed by atoms with Gasteiger partial charge in [-0.1, -0.05) is 12.1 Å². The third kappa shape index (κ3) is 5.06. The van der Waals surface area contributed by atoms with E-state index in [4.69, 9.17) is 16.6 Å². The summed E-state index contributed by atoms with van der Waals surface area (Å²) < 4.78 is 32.2. The van der Waals surface area contributed by atoms with E-state index < -0.39 is 10.0 Å². The van der Waals surface area contributed by atoms with E-state index >= 15 is 0 Å². The van der Waals surface area contributed by atoms with Crippen LogP contribution in [-0.2, 0) is 21.2 Å². The fourth-order valence-corrected chi connectivity index (χ4v) is 3.94. The number of furan rings is 1. The van der Waals surface area contributed by atoms with E-state index in [0.29, 0.717) is 11.1 Å². The highest BCUT2D eigenvalue weighted by Crippen LogP contribution is 2.18. The van der Waals surface area contributed by atoms with E-state index in [9.17, 15) is 13.2 Å². The number of nitrogens with one attached hydrogen (secondary N) is 3. The van der Waals surface area contributed by atoms with Gasteiger partial charge in [0.1, 0.15) is 0 Å². The van der Waals surface area contributed by atoms with Crippen LogP contribution in [0.15, 0.2) is 46.1 Å². The number of hydrogen-bond donors (Lipinski definition) is 3. The van der Waals surface area contributed by atoms with Crippen molar-refractivity contribution in [3.8, 4) is 0 Å². The van der Waals surface area contributed by atoms with Crippen LogP contribution in [0.1, 0.15) is 29.7 Å². The average molecular weight is 396 g/mol. The molecule has 9 heteroatoms. The molecular formula is C17H21N3O4S2. The molecule has 26 heavy (non-hydrogen) atoms. The van der Waals surface area contributed by atoms with E-state index in [-0.39, 0.29) is 28.4 Å². The van der Waals surface area contributed by atoms with Crippen LogP contribution in [0.25, 0.3) is 0 Å². The summed E-state index contributed by atoms with van der Waals surface area (Å²) in [5.41, 5.74) is 2.01. The maximum atomic E-state index is 12.4. The Labute approximate surface area is 158 Å². The van der Waals surface area contributed by atoms with Crippen molar-refractivity contribution in [2.75, 3.05) is 7.05 Å². The Morgan fingerprint density at radius 1 is 1.31 bits per heavy atom. The van der Waals surface area contributed by atoms with Gasteiger partial charge in [0, 0.05) is 12.6 Å². The molecule has 3 N–H and O–H groups in total. The van der Waals surface area contributed by atoms with Crippen molar-refractivity contribution < 1.29 is 17.6 Å². The predicted octanol–water partition coefficient (Wildman–Crippen LogP) is 1.79. The van der Waals surface area contributed by atoms with Crippen molar-refractivity contribution >= 4 is 33.3 Å². The Bertz CT molecular complexity index is 893. The maximum absolute atomic E-state index is 12.4. The summed E-state index contributed by atoms with van der Waals surface area (Å²) in [4.78, 5) is 12.3. The lowest BCUT2D eigenvalue weighted by Gasteiger charge is -2.14. The van der Waals surface area contributed by atoms with Gasteiger partial charge >= 0.3 is 0 Å². The second kappa shape index (κ2) is 8.33. The Morgan fingerprint density at radius 3 is 2.65 bits per heavy atom. The second-order valence-corrected chi connectivity index (χ2v) is 7.87. The lowest BCUT2D eigenvalue weighted by molar-refractivity contribution is -0.121. The Kier molecular flexibility index (Phi) is 6.38. The molecule has 0 saturated heterocycles. The highest BCUT2D eigenvalue weighted by molar-refractivity contribution is 7.91. The van der Waals surface area contributed by atoms with Crippen molar-refractivity contribution in [2.24, 2.45) is 0 Å². The molecule has 0 fully saturated rings. The summed E-state index contributed by atoms with van der Waals surface area (Å²) in [5.74, 6) is -0.218. The van der Waals surface area contributed by atoms with Gasteiger partial charge in [-0.2, -0.15) is 0 Å². The zero-order chi connectivity index (χ0) is 19.3. The van der Waals surface area contributed by atoms with Crippen LogP contribution in [-0.4, -0.2) is 26.5 Å². The monoisotopic (exact) mass is 395 g/mol. The molecule has 2 aromatic rings. The number of rotatable bonds is 6. The number of sulfonamides is 1. The molecule has 7 nitrogen and oxygen atoms in total. The van der Waals surface area contributed by atoms with E-state index in [1.807, 2.05) is 6.92 Å².